The molecule has 0 saturated heterocycles. The third-order valence-corrected chi connectivity index (χ3v) is 6.18. The topological polar surface area (TPSA) is 106 Å². The van der Waals surface area contributed by atoms with E-state index in [0.717, 1.165) is 42.5 Å². The Bertz CT molecular complexity index is 976. The minimum absolute atomic E-state index is 0.190. The number of hydrogen-bond acceptors (Lipinski definition) is 7. The van der Waals surface area contributed by atoms with Crippen molar-refractivity contribution >= 4 is 0 Å². The van der Waals surface area contributed by atoms with E-state index in [1.54, 1.807) is 7.11 Å². The van der Waals surface area contributed by atoms with Crippen LogP contribution in [0.15, 0.2) is 35.0 Å². The first-order valence-electron chi connectivity index (χ1n) is 11.5. The third kappa shape index (κ3) is 5.26. The Labute approximate surface area is 188 Å². The Kier molecular flexibility index (Phi) is 7.68. The molecule has 0 aliphatic heterocycles. The second-order valence-corrected chi connectivity index (χ2v) is 8.52. The second-order valence-electron chi connectivity index (χ2n) is 8.52. The Balaban J connectivity index is 1.48. The van der Waals surface area contributed by atoms with Gasteiger partial charge in [0.25, 0.3) is 5.89 Å². The summed E-state index contributed by atoms with van der Waals surface area (Å²) < 4.78 is 13.2. The minimum atomic E-state index is -0.641. The van der Waals surface area contributed by atoms with E-state index in [1.165, 1.54) is 24.8 Å². The molecular weight excluding hydrogens is 408 g/mol. The fraction of sp³-hybridized carbons (Fsp3) is 0.542. The lowest BCUT2D eigenvalue weighted by Gasteiger charge is -2.24. The van der Waals surface area contributed by atoms with Gasteiger partial charge in [-0.2, -0.15) is 10.1 Å². The number of hydrogen-bond donors (Lipinski definition) is 2. The zero-order valence-corrected chi connectivity index (χ0v) is 18.6. The largest absolute Gasteiger partial charge is 0.394 e. The average molecular weight is 441 g/mol. The first-order chi connectivity index (χ1) is 15.7. The first-order valence-corrected chi connectivity index (χ1v) is 11.5. The van der Waals surface area contributed by atoms with Crippen LogP contribution in [-0.4, -0.2) is 50.0 Å². The molecule has 1 unspecified atom stereocenters. The number of ether oxygens (including phenoxy) is 1. The molecule has 4 rings (SSSR count). The molecule has 2 aromatic heterocycles. The van der Waals surface area contributed by atoms with Gasteiger partial charge in [-0.3, -0.25) is 4.68 Å². The van der Waals surface area contributed by atoms with E-state index in [1.807, 2.05) is 30.5 Å². The molecule has 0 bridgehead atoms. The van der Waals surface area contributed by atoms with Crippen LogP contribution in [0, 0.1) is 0 Å². The standard InChI is InChI=1S/C24H32N4O4/c1-31-16-22-21(14-25-28(22)19-7-3-2-4-8-19)24-26-23(27-32-24)18-12-10-17(11-13-18)6-5-9-20(30)15-29/h10-14,19-20,29-30H,2-9,15-16H2,1H3. The van der Waals surface area contributed by atoms with Crippen molar-refractivity contribution in [3.05, 3.63) is 41.7 Å². The van der Waals surface area contributed by atoms with Gasteiger partial charge in [-0.25, -0.2) is 0 Å². The molecule has 32 heavy (non-hydrogen) atoms. The molecule has 0 amide bonds. The molecule has 8 heteroatoms. The number of aromatic nitrogens is 4. The molecule has 1 aliphatic carbocycles. The monoisotopic (exact) mass is 440 g/mol. The Morgan fingerprint density at radius 3 is 2.69 bits per heavy atom. The van der Waals surface area contributed by atoms with Crippen molar-refractivity contribution in [2.75, 3.05) is 13.7 Å². The quantitative estimate of drug-likeness (QED) is 0.492. The normalized spacial score (nSPS) is 15.8. The van der Waals surface area contributed by atoms with Gasteiger partial charge in [0.2, 0.25) is 5.82 Å². The lowest BCUT2D eigenvalue weighted by atomic mass is 9.95. The predicted molar refractivity (Wildman–Crippen MR) is 120 cm³/mol. The van der Waals surface area contributed by atoms with Crippen LogP contribution in [0.5, 0.6) is 0 Å². The highest BCUT2D eigenvalue weighted by Crippen LogP contribution is 2.33. The molecule has 1 fully saturated rings. The van der Waals surface area contributed by atoms with E-state index < -0.39 is 6.10 Å². The van der Waals surface area contributed by atoms with Crippen LogP contribution in [0.1, 0.15) is 62.2 Å². The molecule has 1 aliphatic rings. The highest BCUT2D eigenvalue weighted by Gasteiger charge is 2.24. The Morgan fingerprint density at radius 1 is 1.19 bits per heavy atom. The molecule has 2 heterocycles. The first kappa shape index (κ1) is 22.6. The molecule has 8 nitrogen and oxygen atoms in total. The maximum Gasteiger partial charge on any atom is 0.261 e. The molecule has 2 N–H and O–H groups in total. The van der Waals surface area contributed by atoms with Gasteiger partial charge in [0.15, 0.2) is 0 Å². The van der Waals surface area contributed by atoms with Crippen molar-refractivity contribution in [3.8, 4) is 22.8 Å². The van der Waals surface area contributed by atoms with Crippen molar-refractivity contribution in [2.24, 2.45) is 0 Å². The SMILES string of the molecule is COCc1c(-c2nc(-c3ccc(CCCC(O)CO)cc3)no2)cnn1C1CCCCC1. The maximum absolute atomic E-state index is 9.46. The summed E-state index contributed by atoms with van der Waals surface area (Å²) in [5, 5.41) is 27.2. The highest BCUT2D eigenvalue weighted by molar-refractivity contribution is 5.61. The van der Waals surface area contributed by atoms with Crippen molar-refractivity contribution in [1.82, 2.24) is 19.9 Å². The summed E-state index contributed by atoms with van der Waals surface area (Å²) in [5.74, 6) is 0.993. The van der Waals surface area contributed by atoms with Crippen LogP contribution < -0.4 is 0 Å². The van der Waals surface area contributed by atoms with Gasteiger partial charge in [0.1, 0.15) is 0 Å². The molecule has 3 aromatic rings. The van der Waals surface area contributed by atoms with E-state index in [-0.39, 0.29) is 6.61 Å². The van der Waals surface area contributed by atoms with Gasteiger partial charge in [-0.05, 0) is 37.7 Å². The Morgan fingerprint density at radius 2 is 1.97 bits per heavy atom. The lowest BCUT2D eigenvalue weighted by Crippen LogP contribution is -2.17. The summed E-state index contributed by atoms with van der Waals surface area (Å²) in [7, 11) is 1.69. The summed E-state index contributed by atoms with van der Waals surface area (Å²) in [6, 6.07) is 8.43. The van der Waals surface area contributed by atoms with Crippen LogP contribution >= 0.6 is 0 Å². The molecule has 0 spiro atoms. The van der Waals surface area contributed by atoms with Crippen molar-refractivity contribution < 1.29 is 19.5 Å². The van der Waals surface area contributed by atoms with Gasteiger partial charge in [0, 0.05) is 12.7 Å². The van der Waals surface area contributed by atoms with E-state index in [9.17, 15) is 5.11 Å². The number of aliphatic hydroxyl groups is 2. The molecule has 172 valence electrons. The van der Waals surface area contributed by atoms with Gasteiger partial charge in [0.05, 0.1) is 42.8 Å². The average Bonchev–Trinajstić information content (AvgIpc) is 3.48. The third-order valence-electron chi connectivity index (χ3n) is 6.18. The molecule has 1 aromatic carbocycles. The second kappa shape index (κ2) is 10.8. The van der Waals surface area contributed by atoms with Crippen molar-refractivity contribution in [1.29, 1.82) is 0 Å². The zero-order valence-electron chi connectivity index (χ0n) is 18.6. The van der Waals surface area contributed by atoms with Crippen molar-refractivity contribution in [3.63, 3.8) is 0 Å². The number of aryl methyl sites for hydroxylation is 1. The fourth-order valence-electron chi connectivity index (χ4n) is 4.39. The van der Waals surface area contributed by atoms with Gasteiger partial charge in [-0.15, -0.1) is 0 Å². The summed E-state index contributed by atoms with van der Waals surface area (Å²) in [4.78, 5) is 4.63. The smallest absolute Gasteiger partial charge is 0.261 e. The number of methoxy groups -OCH3 is 1. The van der Waals surface area contributed by atoms with Crippen LogP contribution in [0.2, 0.25) is 0 Å². The Hall–Kier alpha value is -2.55. The molecule has 1 saturated carbocycles. The van der Waals surface area contributed by atoms with Gasteiger partial charge < -0.3 is 19.5 Å². The van der Waals surface area contributed by atoms with E-state index in [4.69, 9.17) is 14.4 Å². The highest BCUT2D eigenvalue weighted by atomic mass is 16.5. The van der Waals surface area contributed by atoms with E-state index >= 15 is 0 Å². The lowest BCUT2D eigenvalue weighted by molar-refractivity contribution is 0.0867. The number of rotatable bonds is 10. The predicted octanol–water partition coefficient (Wildman–Crippen LogP) is 3.93. The van der Waals surface area contributed by atoms with Crippen LogP contribution in [0.25, 0.3) is 22.8 Å². The zero-order chi connectivity index (χ0) is 22.3. The minimum Gasteiger partial charge on any atom is -0.394 e. The van der Waals surface area contributed by atoms with Gasteiger partial charge in [-0.1, -0.05) is 48.7 Å². The summed E-state index contributed by atoms with van der Waals surface area (Å²) >= 11 is 0. The maximum atomic E-state index is 9.46. The summed E-state index contributed by atoms with van der Waals surface area (Å²) in [6.07, 6.45) is 9.45. The van der Waals surface area contributed by atoms with E-state index in [2.05, 4.69) is 19.9 Å². The molecular formula is C24H32N4O4. The van der Waals surface area contributed by atoms with Gasteiger partial charge >= 0.3 is 0 Å². The van der Waals surface area contributed by atoms with E-state index in [0.29, 0.717) is 30.8 Å². The fourth-order valence-corrected chi connectivity index (χ4v) is 4.39. The molecule has 0 radical (unpaired) electrons. The number of nitrogens with zero attached hydrogens (tertiary/aromatic N) is 4. The molecule has 1 atom stereocenters. The van der Waals surface area contributed by atoms with Crippen molar-refractivity contribution in [2.45, 2.75) is 70.1 Å². The summed E-state index contributed by atoms with van der Waals surface area (Å²) in [6.45, 7) is 0.258. The van der Waals surface area contributed by atoms with Crippen LogP contribution in [0.4, 0.5) is 0 Å². The van der Waals surface area contributed by atoms with Crippen LogP contribution in [-0.2, 0) is 17.8 Å². The van der Waals surface area contributed by atoms with Crippen LogP contribution in [0.3, 0.4) is 0 Å². The number of benzene rings is 1. The number of aliphatic hydroxyl groups excluding tert-OH is 2. The summed E-state index contributed by atoms with van der Waals surface area (Å²) in [5.41, 5.74) is 3.86.